The minimum Gasteiger partial charge on any atom is -0.455 e. The van der Waals surface area contributed by atoms with Crippen molar-refractivity contribution in [2.24, 2.45) is 7.05 Å². The molecule has 1 N–H and O–H groups in total. The van der Waals surface area contributed by atoms with Crippen molar-refractivity contribution in [1.82, 2.24) is 9.13 Å². The van der Waals surface area contributed by atoms with Crippen LogP contribution in [-0.2, 0) is 18.4 Å². The van der Waals surface area contributed by atoms with Crippen molar-refractivity contribution in [2.45, 2.75) is 13.5 Å². The molecule has 4 aromatic rings. The van der Waals surface area contributed by atoms with E-state index in [2.05, 4.69) is 5.32 Å². The lowest BCUT2D eigenvalue weighted by Crippen LogP contribution is -2.28. The third-order valence-electron chi connectivity index (χ3n) is 4.76. The number of hydrogen-bond donors (Lipinski definition) is 1. The van der Waals surface area contributed by atoms with Crippen molar-refractivity contribution in [3.8, 4) is 11.5 Å². The molecule has 0 fully saturated rings. The summed E-state index contributed by atoms with van der Waals surface area (Å²) in [6, 6.07) is 22.3. The highest BCUT2D eigenvalue weighted by Crippen LogP contribution is 2.29. The van der Waals surface area contributed by atoms with Crippen LogP contribution in [0.4, 0.5) is 5.69 Å². The van der Waals surface area contributed by atoms with E-state index in [0.29, 0.717) is 17.2 Å². The zero-order chi connectivity index (χ0) is 20.4. The van der Waals surface area contributed by atoms with Gasteiger partial charge in [0.2, 0.25) is 5.91 Å². The molecular formula is C23H21N3O3. The summed E-state index contributed by atoms with van der Waals surface area (Å²) in [5, 5.41) is 2.86. The maximum atomic E-state index is 12.7. The van der Waals surface area contributed by atoms with E-state index in [1.165, 1.54) is 9.13 Å². The molecule has 1 aromatic heterocycles. The number of benzene rings is 3. The molecule has 0 aliphatic carbocycles. The van der Waals surface area contributed by atoms with Gasteiger partial charge in [-0.15, -0.1) is 0 Å². The van der Waals surface area contributed by atoms with Gasteiger partial charge >= 0.3 is 5.69 Å². The number of anilines is 1. The van der Waals surface area contributed by atoms with E-state index >= 15 is 0 Å². The number of aryl methyl sites for hydroxylation is 2. The molecule has 0 radical (unpaired) electrons. The van der Waals surface area contributed by atoms with Crippen LogP contribution in [-0.4, -0.2) is 15.0 Å². The van der Waals surface area contributed by atoms with Crippen molar-refractivity contribution in [2.75, 3.05) is 5.32 Å². The molecule has 29 heavy (non-hydrogen) atoms. The molecule has 0 saturated heterocycles. The Kier molecular flexibility index (Phi) is 4.91. The first-order valence-corrected chi connectivity index (χ1v) is 9.30. The summed E-state index contributed by atoms with van der Waals surface area (Å²) in [6.45, 7) is 1.92. The Bertz CT molecular complexity index is 1240. The highest BCUT2D eigenvalue weighted by Gasteiger charge is 2.14. The first kappa shape index (κ1) is 18.6. The fourth-order valence-corrected chi connectivity index (χ4v) is 3.24. The van der Waals surface area contributed by atoms with Gasteiger partial charge in [-0.1, -0.05) is 42.0 Å². The largest absolute Gasteiger partial charge is 0.455 e. The number of para-hydroxylation sites is 4. The minimum absolute atomic E-state index is 0.0843. The van der Waals surface area contributed by atoms with Crippen LogP contribution in [0.5, 0.6) is 11.5 Å². The van der Waals surface area contributed by atoms with Gasteiger partial charge in [-0.2, -0.15) is 0 Å². The molecule has 3 aromatic carbocycles. The summed E-state index contributed by atoms with van der Waals surface area (Å²) in [7, 11) is 1.70. The number of fused-ring (bicyclic) bond motifs is 1. The summed E-state index contributed by atoms with van der Waals surface area (Å²) in [6.07, 6.45) is 0. The molecule has 0 spiro atoms. The molecule has 0 aliphatic rings. The standard InChI is InChI=1S/C23H21N3O3/c1-16-11-13-17(14-12-16)29-21-10-6-3-7-18(21)24-22(27)15-26-20-9-5-4-8-19(20)25(2)23(26)28/h3-14H,15H2,1-2H3,(H,24,27). The van der Waals surface area contributed by atoms with Crippen LogP contribution < -0.4 is 15.7 Å². The second kappa shape index (κ2) is 7.67. The number of nitrogens with zero attached hydrogens (tertiary/aromatic N) is 2. The number of hydrogen-bond acceptors (Lipinski definition) is 3. The summed E-state index contributed by atoms with van der Waals surface area (Å²) in [4.78, 5) is 25.2. The summed E-state index contributed by atoms with van der Waals surface area (Å²) < 4.78 is 8.93. The average molecular weight is 387 g/mol. The maximum Gasteiger partial charge on any atom is 0.329 e. The van der Waals surface area contributed by atoms with Gasteiger partial charge in [0.1, 0.15) is 12.3 Å². The average Bonchev–Trinajstić information content (AvgIpc) is 2.96. The van der Waals surface area contributed by atoms with E-state index in [1.807, 2.05) is 67.6 Å². The van der Waals surface area contributed by atoms with Gasteiger partial charge in [-0.3, -0.25) is 13.9 Å². The summed E-state index contributed by atoms with van der Waals surface area (Å²) >= 11 is 0. The second-order valence-corrected chi connectivity index (χ2v) is 6.88. The Hall–Kier alpha value is -3.80. The maximum absolute atomic E-state index is 12.7. The van der Waals surface area contributed by atoms with E-state index in [9.17, 15) is 9.59 Å². The third kappa shape index (κ3) is 3.78. The lowest BCUT2D eigenvalue weighted by molar-refractivity contribution is -0.116. The lowest BCUT2D eigenvalue weighted by Gasteiger charge is -2.12. The predicted molar refractivity (Wildman–Crippen MR) is 114 cm³/mol. The van der Waals surface area contributed by atoms with E-state index < -0.39 is 0 Å². The summed E-state index contributed by atoms with van der Waals surface area (Å²) in [5.41, 5.74) is 2.96. The fourth-order valence-electron chi connectivity index (χ4n) is 3.24. The predicted octanol–water partition coefficient (Wildman–Crippen LogP) is 4.08. The van der Waals surface area contributed by atoms with Crippen LogP contribution in [0.15, 0.2) is 77.6 Å². The second-order valence-electron chi connectivity index (χ2n) is 6.88. The Balaban J connectivity index is 1.56. The van der Waals surface area contributed by atoms with Crippen molar-refractivity contribution < 1.29 is 9.53 Å². The lowest BCUT2D eigenvalue weighted by atomic mass is 10.2. The zero-order valence-electron chi connectivity index (χ0n) is 16.3. The fraction of sp³-hybridized carbons (Fsp3) is 0.130. The van der Waals surface area contributed by atoms with E-state index in [0.717, 1.165) is 16.6 Å². The van der Waals surface area contributed by atoms with Gasteiger partial charge in [0.25, 0.3) is 0 Å². The van der Waals surface area contributed by atoms with E-state index in [-0.39, 0.29) is 18.1 Å². The van der Waals surface area contributed by atoms with E-state index in [4.69, 9.17) is 4.74 Å². The normalized spacial score (nSPS) is 10.8. The van der Waals surface area contributed by atoms with E-state index in [1.54, 1.807) is 19.2 Å². The first-order valence-electron chi connectivity index (χ1n) is 9.30. The molecular weight excluding hydrogens is 366 g/mol. The SMILES string of the molecule is Cc1ccc(Oc2ccccc2NC(=O)Cn2c(=O)n(C)c3ccccc32)cc1. The van der Waals surface area contributed by atoms with Crippen LogP contribution in [0.1, 0.15) is 5.56 Å². The quantitative estimate of drug-likeness (QED) is 0.561. The van der Waals surface area contributed by atoms with Crippen LogP contribution in [0.3, 0.4) is 0 Å². The smallest absolute Gasteiger partial charge is 0.329 e. The number of ether oxygens (including phenoxy) is 1. The Morgan fingerprint density at radius 3 is 2.34 bits per heavy atom. The molecule has 6 heteroatoms. The van der Waals surface area contributed by atoms with Crippen LogP contribution in [0, 0.1) is 6.92 Å². The molecule has 146 valence electrons. The molecule has 0 saturated carbocycles. The first-order chi connectivity index (χ1) is 14.0. The molecule has 0 bridgehead atoms. The Morgan fingerprint density at radius 1 is 0.931 bits per heavy atom. The number of aromatic nitrogens is 2. The molecule has 1 heterocycles. The van der Waals surface area contributed by atoms with Gasteiger partial charge in [0, 0.05) is 7.05 Å². The molecule has 0 unspecified atom stereocenters. The monoisotopic (exact) mass is 387 g/mol. The van der Waals surface area contributed by atoms with Crippen molar-refractivity contribution >= 4 is 22.6 Å². The van der Waals surface area contributed by atoms with Gasteiger partial charge in [0.15, 0.2) is 5.75 Å². The summed E-state index contributed by atoms with van der Waals surface area (Å²) in [5.74, 6) is 0.918. The van der Waals surface area contributed by atoms with Gasteiger partial charge < -0.3 is 10.1 Å². The van der Waals surface area contributed by atoms with Gasteiger partial charge in [-0.05, 0) is 43.3 Å². The Labute approximate surface area is 168 Å². The number of carbonyl (C=O) groups excluding carboxylic acids is 1. The van der Waals surface area contributed by atoms with Crippen molar-refractivity contribution in [3.05, 3.63) is 88.8 Å². The molecule has 0 atom stereocenters. The number of rotatable bonds is 5. The zero-order valence-corrected chi connectivity index (χ0v) is 16.3. The van der Waals surface area contributed by atoms with Crippen molar-refractivity contribution in [3.63, 3.8) is 0 Å². The number of nitrogens with one attached hydrogen (secondary N) is 1. The molecule has 0 aliphatic heterocycles. The van der Waals surface area contributed by atoms with Crippen LogP contribution in [0.2, 0.25) is 0 Å². The number of imidazole rings is 1. The highest BCUT2D eigenvalue weighted by molar-refractivity contribution is 5.93. The van der Waals surface area contributed by atoms with Crippen molar-refractivity contribution in [1.29, 1.82) is 0 Å². The molecule has 4 rings (SSSR count). The number of amides is 1. The Morgan fingerprint density at radius 2 is 1.59 bits per heavy atom. The highest BCUT2D eigenvalue weighted by atomic mass is 16.5. The molecule has 6 nitrogen and oxygen atoms in total. The minimum atomic E-state index is -0.302. The topological polar surface area (TPSA) is 65.3 Å². The number of carbonyl (C=O) groups is 1. The van der Waals surface area contributed by atoms with Crippen LogP contribution >= 0.6 is 0 Å². The van der Waals surface area contributed by atoms with Crippen LogP contribution in [0.25, 0.3) is 11.0 Å². The third-order valence-corrected chi connectivity index (χ3v) is 4.76. The van der Waals surface area contributed by atoms with Gasteiger partial charge in [0.05, 0.1) is 16.7 Å². The van der Waals surface area contributed by atoms with Gasteiger partial charge in [-0.25, -0.2) is 4.79 Å². The molecule has 1 amide bonds.